The first kappa shape index (κ1) is 18.4. The number of ether oxygens (including phenoxy) is 1. The molecule has 130 valence electrons. The van der Waals surface area contributed by atoms with E-state index in [4.69, 9.17) is 4.74 Å². The molecule has 2 N–H and O–H groups in total. The van der Waals surface area contributed by atoms with Crippen molar-refractivity contribution in [2.24, 2.45) is 5.92 Å². The largest absolute Gasteiger partial charge is 0.389 e. The molecule has 3 nitrogen and oxygen atoms in total. The molecule has 0 aromatic rings. The van der Waals surface area contributed by atoms with Crippen molar-refractivity contribution in [3.63, 3.8) is 0 Å². The summed E-state index contributed by atoms with van der Waals surface area (Å²) in [7, 11) is 0. The van der Waals surface area contributed by atoms with Crippen LogP contribution in [0.4, 0.5) is 0 Å². The molecule has 1 unspecified atom stereocenters. The molecule has 2 heterocycles. The monoisotopic (exact) mass is 320 g/mol. The van der Waals surface area contributed by atoms with E-state index in [1.54, 1.807) is 0 Å². The number of hydrogen-bond acceptors (Lipinski definition) is 3. The first-order valence-corrected chi connectivity index (χ1v) is 8.75. The van der Waals surface area contributed by atoms with Crippen molar-refractivity contribution in [2.75, 3.05) is 0 Å². The smallest absolute Gasteiger partial charge is 0.0881 e. The molecule has 0 amide bonds. The zero-order valence-electron chi connectivity index (χ0n) is 14.8. The highest BCUT2D eigenvalue weighted by molar-refractivity contribution is 5.13. The number of allylic oxidation sites excluding steroid dienone is 1. The van der Waals surface area contributed by atoms with Crippen LogP contribution in [0.2, 0.25) is 0 Å². The minimum absolute atomic E-state index is 0.0918. The van der Waals surface area contributed by atoms with Gasteiger partial charge >= 0.3 is 0 Å². The normalized spacial score (nSPS) is 42.1. The van der Waals surface area contributed by atoms with Crippen molar-refractivity contribution in [1.29, 1.82) is 0 Å². The number of hydrogen-bond donors (Lipinski definition) is 2. The Labute approximate surface area is 140 Å². The second kappa shape index (κ2) is 7.33. The highest BCUT2D eigenvalue weighted by Crippen LogP contribution is 2.40. The third-order valence-electron chi connectivity index (χ3n) is 5.46. The van der Waals surface area contributed by atoms with E-state index in [1.165, 1.54) is 5.57 Å². The summed E-state index contributed by atoms with van der Waals surface area (Å²) in [5, 5.41) is 21.1. The number of aliphatic hydroxyl groups excluding tert-OH is 1. The third kappa shape index (κ3) is 4.56. The second-order valence-electron chi connectivity index (χ2n) is 7.71. The molecule has 2 aliphatic rings. The fourth-order valence-corrected chi connectivity index (χ4v) is 3.72. The van der Waals surface area contributed by atoms with Crippen molar-refractivity contribution in [2.45, 2.75) is 83.2 Å². The van der Waals surface area contributed by atoms with Crippen LogP contribution < -0.4 is 0 Å². The molecule has 1 saturated heterocycles. The van der Waals surface area contributed by atoms with E-state index in [0.717, 1.165) is 36.8 Å². The average Bonchev–Trinajstić information content (AvgIpc) is 2.88. The van der Waals surface area contributed by atoms with Gasteiger partial charge in [0, 0.05) is 5.92 Å². The minimum Gasteiger partial charge on any atom is -0.389 e. The van der Waals surface area contributed by atoms with Crippen LogP contribution in [0.5, 0.6) is 0 Å². The maximum Gasteiger partial charge on any atom is 0.0881 e. The van der Waals surface area contributed by atoms with Crippen LogP contribution in [0.15, 0.2) is 36.0 Å². The van der Waals surface area contributed by atoms with Crippen LogP contribution in [0.3, 0.4) is 0 Å². The molecule has 23 heavy (non-hydrogen) atoms. The Kier molecular flexibility index (Phi) is 5.88. The van der Waals surface area contributed by atoms with E-state index < -0.39 is 11.7 Å². The van der Waals surface area contributed by atoms with E-state index in [0.29, 0.717) is 12.8 Å². The lowest BCUT2D eigenvalue weighted by Gasteiger charge is -2.31. The van der Waals surface area contributed by atoms with Crippen LogP contribution in [0.1, 0.15) is 59.3 Å². The van der Waals surface area contributed by atoms with Gasteiger partial charge in [-0.3, -0.25) is 0 Å². The van der Waals surface area contributed by atoms with E-state index in [1.807, 2.05) is 13.8 Å². The van der Waals surface area contributed by atoms with Crippen molar-refractivity contribution >= 4 is 0 Å². The lowest BCUT2D eigenvalue weighted by Crippen LogP contribution is -2.40. The summed E-state index contributed by atoms with van der Waals surface area (Å²) in [6.45, 7) is 14.1. The molecule has 2 bridgehead atoms. The first-order chi connectivity index (χ1) is 10.7. The summed E-state index contributed by atoms with van der Waals surface area (Å²) < 4.78 is 6.24. The Balaban J connectivity index is 2.24. The van der Waals surface area contributed by atoms with Crippen LogP contribution >= 0.6 is 0 Å². The summed E-state index contributed by atoms with van der Waals surface area (Å²) in [6.07, 6.45) is 5.96. The lowest BCUT2D eigenvalue weighted by molar-refractivity contribution is -0.101. The molecule has 0 aliphatic carbocycles. The predicted octanol–water partition coefficient (Wildman–Crippen LogP) is 3.91. The quantitative estimate of drug-likeness (QED) is 0.720. The Morgan fingerprint density at radius 1 is 1.43 bits per heavy atom. The van der Waals surface area contributed by atoms with Crippen molar-refractivity contribution in [3.05, 3.63) is 36.0 Å². The molecule has 0 saturated carbocycles. The first-order valence-electron chi connectivity index (χ1n) is 8.75. The maximum absolute atomic E-state index is 10.9. The third-order valence-corrected chi connectivity index (χ3v) is 5.46. The van der Waals surface area contributed by atoms with Crippen LogP contribution in [-0.4, -0.2) is 34.1 Å². The van der Waals surface area contributed by atoms with E-state index in [-0.39, 0.29) is 18.1 Å². The zero-order valence-corrected chi connectivity index (χ0v) is 14.8. The fourth-order valence-electron chi connectivity index (χ4n) is 3.72. The lowest BCUT2D eigenvalue weighted by atomic mass is 9.83. The molecule has 2 aliphatic heterocycles. The van der Waals surface area contributed by atoms with Gasteiger partial charge < -0.3 is 14.9 Å². The van der Waals surface area contributed by atoms with Gasteiger partial charge in [0.25, 0.3) is 0 Å². The fraction of sp³-hybridized carbons (Fsp3) is 0.700. The molecule has 0 radical (unpaired) electrons. The molecule has 0 aromatic carbocycles. The van der Waals surface area contributed by atoms with Crippen LogP contribution in [0, 0.1) is 5.92 Å². The van der Waals surface area contributed by atoms with Crippen molar-refractivity contribution < 1.29 is 14.9 Å². The van der Waals surface area contributed by atoms with E-state index in [9.17, 15) is 10.2 Å². The van der Waals surface area contributed by atoms with E-state index in [2.05, 4.69) is 26.2 Å². The van der Waals surface area contributed by atoms with Gasteiger partial charge in [-0.2, -0.15) is 0 Å². The van der Waals surface area contributed by atoms with Gasteiger partial charge in [-0.25, -0.2) is 0 Å². The Bertz CT molecular complexity index is 489. The summed E-state index contributed by atoms with van der Waals surface area (Å²) >= 11 is 0. The molecular formula is C20H32O3. The highest BCUT2D eigenvalue weighted by Gasteiger charge is 2.44. The van der Waals surface area contributed by atoms with E-state index >= 15 is 0 Å². The summed E-state index contributed by atoms with van der Waals surface area (Å²) in [5.41, 5.74) is 2.34. The summed E-state index contributed by atoms with van der Waals surface area (Å²) in [6, 6.07) is 0. The van der Waals surface area contributed by atoms with Gasteiger partial charge in [-0.05, 0) is 64.9 Å². The second-order valence-corrected chi connectivity index (χ2v) is 7.71. The molecule has 5 atom stereocenters. The molecule has 0 aromatic heterocycles. The van der Waals surface area contributed by atoms with Gasteiger partial charge in [0.2, 0.25) is 0 Å². The number of fused-ring (bicyclic) bond motifs is 2. The molecular weight excluding hydrogens is 288 g/mol. The van der Waals surface area contributed by atoms with Crippen molar-refractivity contribution in [1.82, 2.24) is 0 Å². The molecule has 1 fully saturated rings. The highest BCUT2D eigenvalue weighted by atomic mass is 16.5. The summed E-state index contributed by atoms with van der Waals surface area (Å²) in [4.78, 5) is 0. The van der Waals surface area contributed by atoms with Gasteiger partial charge in [0.15, 0.2) is 0 Å². The Morgan fingerprint density at radius 2 is 2.13 bits per heavy atom. The van der Waals surface area contributed by atoms with Gasteiger partial charge in [0.05, 0.1) is 23.9 Å². The zero-order chi connectivity index (χ0) is 17.2. The Hall–Kier alpha value is -0.900. The van der Waals surface area contributed by atoms with Crippen LogP contribution in [0.25, 0.3) is 0 Å². The maximum atomic E-state index is 10.9. The van der Waals surface area contributed by atoms with Crippen molar-refractivity contribution in [3.8, 4) is 0 Å². The minimum atomic E-state index is -0.935. The van der Waals surface area contributed by atoms with Gasteiger partial charge in [0.1, 0.15) is 0 Å². The molecule has 3 heteroatoms. The molecule has 0 spiro atoms. The summed E-state index contributed by atoms with van der Waals surface area (Å²) in [5.74, 6) is 0.289. The standard InChI is InChI=1S/C20H32O3/c1-13(2)16-12-19-20(5,22)10-9-17(21)15(4)8-6-7-14(3)11-18(16)23-19/h7,16-19,21-22H,1,4,6,8-12H2,2-3,5H3/b14-7+/t16-,17+,18+,19-,20?/m1/s1. The SMILES string of the molecule is C=C(C)[C@H]1C[C@H]2O[C@H]1C/C(C)=C/CCC(=C)[C@@H](O)CCC2(C)O. The van der Waals surface area contributed by atoms with Gasteiger partial charge in [-0.1, -0.05) is 30.4 Å². The predicted molar refractivity (Wildman–Crippen MR) is 94.2 cm³/mol. The number of rotatable bonds is 1. The van der Waals surface area contributed by atoms with Crippen LogP contribution in [-0.2, 0) is 4.74 Å². The topological polar surface area (TPSA) is 49.7 Å². The Morgan fingerprint density at radius 3 is 2.78 bits per heavy atom. The molecule has 2 rings (SSSR count). The number of aliphatic hydroxyl groups is 2. The van der Waals surface area contributed by atoms with Gasteiger partial charge in [-0.15, -0.1) is 0 Å². The average molecular weight is 320 g/mol.